The Kier molecular flexibility index (Phi) is 4.26. The Morgan fingerprint density at radius 2 is 1.37 bits per heavy atom. The van der Waals surface area contributed by atoms with Crippen LogP contribution in [0.4, 0.5) is 0 Å². The molecule has 0 aliphatic heterocycles. The number of rotatable bonds is 4. The first kappa shape index (κ1) is 13.2. The van der Waals surface area contributed by atoms with Gasteiger partial charge in [0.25, 0.3) is 0 Å². The van der Waals surface area contributed by atoms with Crippen molar-refractivity contribution >= 4 is 0 Å². The molecule has 0 bridgehead atoms. The summed E-state index contributed by atoms with van der Waals surface area (Å²) in [4.78, 5) is 0. The molecule has 2 aromatic rings. The molecule has 0 aliphatic rings. The lowest BCUT2D eigenvalue weighted by molar-refractivity contribution is 0.464. The normalized spacial score (nSPS) is 13.5. The number of hydrogen-bond acceptors (Lipinski definition) is 4. The van der Waals surface area contributed by atoms with Gasteiger partial charge in [-0.1, -0.05) is 42.5 Å². The van der Waals surface area contributed by atoms with Crippen molar-refractivity contribution in [3.05, 3.63) is 71.3 Å². The third-order valence-corrected chi connectivity index (χ3v) is 2.92. The molecule has 2 rings (SSSR count). The van der Waals surface area contributed by atoms with Crippen molar-refractivity contribution in [2.45, 2.75) is 12.3 Å². The van der Waals surface area contributed by atoms with Crippen molar-refractivity contribution in [3.63, 3.8) is 0 Å². The fourth-order valence-electron chi connectivity index (χ4n) is 1.81. The predicted molar refractivity (Wildman–Crippen MR) is 74.6 cm³/mol. The second kappa shape index (κ2) is 6.12. The van der Waals surface area contributed by atoms with Crippen LogP contribution >= 0.6 is 0 Å². The average molecular weight is 252 g/mol. The van der Waals surface area contributed by atoms with Gasteiger partial charge in [-0.2, -0.15) is 5.26 Å². The molecule has 0 heterocycles. The summed E-state index contributed by atoms with van der Waals surface area (Å²) < 4.78 is 0. The minimum Gasteiger partial charge on any atom is -0.312 e. The maximum atomic E-state index is 8.74. The first-order valence-electron chi connectivity index (χ1n) is 6.03. The third kappa shape index (κ3) is 3.39. The van der Waals surface area contributed by atoms with Gasteiger partial charge in [0.1, 0.15) is 0 Å². The van der Waals surface area contributed by atoms with Gasteiger partial charge in [0.2, 0.25) is 0 Å². The predicted octanol–water partition coefficient (Wildman–Crippen LogP) is 1.76. The number of nitrogens with one attached hydrogen (secondary N) is 1. The topological polar surface area (TPSA) is 87.9 Å². The fraction of sp³-hybridized carbons (Fsp3) is 0.133. The molecule has 0 saturated carbocycles. The quantitative estimate of drug-likeness (QED) is 0.723. The summed E-state index contributed by atoms with van der Waals surface area (Å²) in [7, 11) is 0. The van der Waals surface area contributed by atoms with E-state index in [9.17, 15) is 0 Å². The standard InChI is InChI=1S/C15H16N4/c16-10-11-6-8-13(9-7-11)15(18)19-14(17)12-4-2-1-3-5-12/h1-9,14-15,19H,17-18H2/t14?,15-/m1/s1. The zero-order chi connectivity index (χ0) is 13.7. The van der Waals surface area contributed by atoms with Crippen LogP contribution in [-0.2, 0) is 0 Å². The van der Waals surface area contributed by atoms with Gasteiger partial charge in [0.05, 0.1) is 24.0 Å². The van der Waals surface area contributed by atoms with Crippen LogP contribution in [0.1, 0.15) is 29.0 Å². The molecule has 0 spiro atoms. The van der Waals surface area contributed by atoms with E-state index in [-0.39, 0.29) is 12.3 Å². The van der Waals surface area contributed by atoms with Gasteiger partial charge >= 0.3 is 0 Å². The van der Waals surface area contributed by atoms with Gasteiger partial charge in [-0.15, -0.1) is 0 Å². The molecular weight excluding hydrogens is 236 g/mol. The van der Waals surface area contributed by atoms with Crippen molar-refractivity contribution in [2.75, 3.05) is 0 Å². The van der Waals surface area contributed by atoms with Gasteiger partial charge in [0.15, 0.2) is 0 Å². The summed E-state index contributed by atoms with van der Waals surface area (Å²) >= 11 is 0. The van der Waals surface area contributed by atoms with Crippen LogP contribution in [0.15, 0.2) is 54.6 Å². The minimum atomic E-state index is -0.372. The van der Waals surface area contributed by atoms with Crippen LogP contribution in [0, 0.1) is 11.3 Å². The van der Waals surface area contributed by atoms with Gasteiger partial charge in [-0.05, 0) is 23.3 Å². The number of hydrogen-bond donors (Lipinski definition) is 3. The molecule has 4 nitrogen and oxygen atoms in total. The highest BCUT2D eigenvalue weighted by atomic mass is 15.1. The summed E-state index contributed by atoms with van der Waals surface area (Å²) in [6, 6.07) is 18.9. The lowest BCUT2D eigenvalue weighted by atomic mass is 10.1. The summed E-state index contributed by atoms with van der Waals surface area (Å²) in [5, 5.41) is 11.9. The van der Waals surface area contributed by atoms with Crippen molar-refractivity contribution in [1.82, 2.24) is 5.32 Å². The van der Waals surface area contributed by atoms with E-state index in [4.69, 9.17) is 16.7 Å². The van der Waals surface area contributed by atoms with E-state index in [2.05, 4.69) is 11.4 Å². The molecule has 4 heteroatoms. The van der Waals surface area contributed by atoms with Crippen molar-refractivity contribution < 1.29 is 0 Å². The summed E-state index contributed by atoms with van der Waals surface area (Å²) in [6.45, 7) is 0. The molecule has 1 unspecified atom stereocenters. The van der Waals surface area contributed by atoms with E-state index >= 15 is 0 Å². The van der Waals surface area contributed by atoms with Gasteiger partial charge in [-0.3, -0.25) is 5.32 Å². The molecule has 0 aromatic heterocycles. The molecule has 0 aliphatic carbocycles. The lowest BCUT2D eigenvalue weighted by Gasteiger charge is -2.20. The SMILES string of the molecule is N#Cc1ccc([C@H](N)NC(N)c2ccccc2)cc1. The number of nitrogens with zero attached hydrogens (tertiary/aromatic N) is 1. The Balaban J connectivity index is 2.04. The third-order valence-electron chi connectivity index (χ3n) is 2.92. The van der Waals surface area contributed by atoms with Crippen LogP contribution in [-0.4, -0.2) is 0 Å². The lowest BCUT2D eigenvalue weighted by Crippen LogP contribution is -2.36. The van der Waals surface area contributed by atoms with Gasteiger partial charge < -0.3 is 11.5 Å². The van der Waals surface area contributed by atoms with E-state index in [1.807, 2.05) is 42.5 Å². The van der Waals surface area contributed by atoms with Crippen molar-refractivity contribution in [3.8, 4) is 6.07 Å². The molecule has 0 radical (unpaired) electrons. The van der Waals surface area contributed by atoms with Crippen LogP contribution < -0.4 is 16.8 Å². The smallest absolute Gasteiger partial charge is 0.0991 e. The minimum absolute atomic E-state index is 0.327. The van der Waals surface area contributed by atoms with E-state index in [1.54, 1.807) is 12.1 Å². The highest BCUT2D eigenvalue weighted by Gasteiger charge is 2.11. The fourth-order valence-corrected chi connectivity index (χ4v) is 1.81. The Bertz CT molecular complexity index is 557. The summed E-state index contributed by atoms with van der Waals surface area (Å²) in [5.41, 5.74) is 14.6. The molecular formula is C15H16N4. The maximum absolute atomic E-state index is 8.74. The second-order valence-electron chi connectivity index (χ2n) is 4.27. The molecule has 19 heavy (non-hydrogen) atoms. The summed E-state index contributed by atoms with van der Waals surface area (Å²) in [5.74, 6) is 0. The second-order valence-corrected chi connectivity index (χ2v) is 4.27. The monoisotopic (exact) mass is 252 g/mol. The average Bonchev–Trinajstić information content (AvgIpc) is 2.48. The molecule has 5 N–H and O–H groups in total. The van der Waals surface area contributed by atoms with Gasteiger partial charge in [0, 0.05) is 0 Å². The maximum Gasteiger partial charge on any atom is 0.0991 e. The molecule has 2 atom stereocenters. The number of benzene rings is 2. The first-order chi connectivity index (χ1) is 9.20. The molecule has 0 fully saturated rings. The van der Waals surface area contributed by atoms with Crippen LogP contribution in [0.5, 0.6) is 0 Å². The van der Waals surface area contributed by atoms with E-state index in [0.29, 0.717) is 5.56 Å². The summed E-state index contributed by atoms with van der Waals surface area (Å²) in [6.07, 6.45) is -0.699. The Morgan fingerprint density at radius 1 is 0.842 bits per heavy atom. The highest BCUT2D eigenvalue weighted by Crippen LogP contribution is 2.13. The van der Waals surface area contributed by atoms with E-state index < -0.39 is 0 Å². The zero-order valence-corrected chi connectivity index (χ0v) is 10.5. The van der Waals surface area contributed by atoms with Crippen molar-refractivity contribution in [1.29, 1.82) is 5.26 Å². The first-order valence-corrected chi connectivity index (χ1v) is 6.03. The Morgan fingerprint density at radius 3 is 1.89 bits per heavy atom. The van der Waals surface area contributed by atoms with Gasteiger partial charge in [-0.25, -0.2) is 0 Å². The Labute approximate surface area is 112 Å². The number of nitriles is 1. The van der Waals surface area contributed by atoms with Crippen LogP contribution in [0.3, 0.4) is 0 Å². The molecule has 96 valence electrons. The highest BCUT2D eigenvalue weighted by molar-refractivity contribution is 5.32. The molecule has 2 aromatic carbocycles. The number of nitrogens with two attached hydrogens (primary N) is 2. The van der Waals surface area contributed by atoms with Crippen LogP contribution in [0.25, 0.3) is 0 Å². The van der Waals surface area contributed by atoms with Crippen molar-refractivity contribution in [2.24, 2.45) is 11.5 Å². The van der Waals surface area contributed by atoms with Crippen LogP contribution in [0.2, 0.25) is 0 Å². The zero-order valence-electron chi connectivity index (χ0n) is 10.5. The Hall–Kier alpha value is -2.19. The molecule has 0 saturated heterocycles. The van der Waals surface area contributed by atoms with E-state index in [0.717, 1.165) is 11.1 Å². The van der Waals surface area contributed by atoms with E-state index in [1.165, 1.54) is 0 Å². The largest absolute Gasteiger partial charge is 0.312 e. The molecule has 0 amide bonds.